The zero-order valence-electron chi connectivity index (χ0n) is 19.6. The Morgan fingerprint density at radius 2 is 1.71 bits per heavy atom. The Morgan fingerprint density at radius 3 is 2.43 bits per heavy atom. The van der Waals surface area contributed by atoms with Gasteiger partial charge in [0.2, 0.25) is 6.79 Å². The first kappa shape index (κ1) is 23.6. The second kappa shape index (κ2) is 9.13. The van der Waals surface area contributed by atoms with Gasteiger partial charge >= 0.3 is 0 Å². The minimum atomic E-state index is -3.46. The van der Waals surface area contributed by atoms with Crippen molar-refractivity contribution in [2.75, 3.05) is 19.2 Å². The molecule has 1 atom stereocenters. The number of hydrogen-bond donors (Lipinski definition) is 1. The van der Waals surface area contributed by atoms with E-state index in [-0.39, 0.29) is 35.7 Å². The largest absolute Gasteiger partial charge is 0.454 e. The van der Waals surface area contributed by atoms with Crippen LogP contribution in [0.15, 0.2) is 71.6 Å². The molecule has 7 heteroatoms. The lowest BCUT2D eigenvalue weighted by Crippen LogP contribution is -2.22. The Bertz CT molecular complexity index is 1360. The third-order valence-electron chi connectivity index (χ3n) is 6.86. The number of aliphatic hydroxyl groups is 1. The van der Waals surface area contributed by atoms with Crippen molar-refractivity contribution < 1.29 is 27.8 Å². The highest BCUT2D eigenvalue weighted by atomic mass is 32.2. The zero-order chi connectivity index (χ0) is 24.6. The number of ketones is 1. The Kier molecular flexibility index (Phi) is 6.15. The lowest BCUT2D eigenvalue weighted by molar-refractivity contribution is -0.120. The molecule has 0 spiro atoms. The van der Waals surface area contributed by atoms with E-state index in [1.54, 1.807) is 31.2 Å². The highest BCUT2D eigenvalue weighted by molar-refractivity contribution is 7.91. The van der Waals surface area contributed by atoms with Gasteiger partial charge in [-0.15, -0.1) is 0 Å². The van der Waals surface area contributed by atoms with Crippen LogP contribution in [-0.2, 0) is 26.5 Å². The number of fused-ring (bicyclic) bond motifs is 1. The number of hydrogen-bond acceptors (Lipinski definition) is 6. The number of Topliss-reactive ketones (excluding diaryl/α,β-unsaturated/α-hetero) is 1. The maximum Gasteiger partial charge on any atom is 0.231 e. The van der Waals surface area contributed by atoms with Crippen LogP contribution in [0.1, 0.15) is 30.9 Å². The molecule has 1 fully saturated rings. The molecule has 0 bridgehead atoms. The van der Waals surface area contributed by atoms with Crippen molar-refractivity contribution in [1.82, 2.24) is 0 Å². The topological polar surface area (TPSA) is 89.9 Å². The van der Waals surface area contributed by atoms with Crippen molar-refractivity contribution in [2.45, 2.75) is 36.5 Å². The summed E-state index contributed by atoms with van der Waals surface area (Å²) >= 11 is 0. The molecule has 5 rings (SSSR count). The standard InChI is InChI=1S/C28H28O6S/c1-19(16-29)17-35(31,32)24-8-5-21(6-9-24)22-4-2-3-20(13-22)14-27(30)28(11-12-28)23-7-10-25-26(15-23)34-18-33-25/h2-10,13,15,19,29H,11-12,14,16-18H2,1H3/t19-/m1/s1. The minimum absolute atomic E-state index is 0.0917. The van der Waals surface area contributed by atoms with Crippen molar-refractivity contribution in [2.24, 2.45) is 5.92 Å². The van der Waals surface area contributed by atoms with Crippen molar-refractivity contribution in [3.8, 4) is 22.6 Å². The van der Waals surface area contributed by atoms with Crippen LogP contribution in [0.25, 0.3) is 11.1 Å². The summed E-state index contributed by atoms with van der Waals surface area (Å²) in [6, 6.07) is 20.4. The molecule has 0 amide bonds. The van der Waals surface area contributed by atoms with Crippen LogP contribution >= 0.6 is 0 Å². The van der Waals surface area contributed by atoms with E-state index in [9.17, 15) is 18.3 Å². The summed E-state index contributed by atoms with van der Waals surface area (Å²) in [5, 5.41) is 9.18. The molecule has 3 aromatic rings. The number of rotatable bonds is 9. The second-order valence-electron chi connectivity index (χ2n) is 9.54. The van der Waals surface area contributed by atoms with E-state index in [2.05, 4.69) is 0 Å². The summed E-state index contributed by atoms with van der Waals surface area (Å²) in [4.78, 5) is 13.6. The highest BCUT2D eigenvalue weighted by Gasteiger charge is 2.50. The quantitative estimate of drug-likeness (QED) is 0.478. The van der Waals surface area contributed by atoms with E-state index in [1.165, 1.54) is 0 Å². The number of ether oxygens (including phenoxy) is 2. The fraction of sp³-hybridized carbons (Fsp3) is 0.321. The molecule has 182 valence electrons. The van der Waals surface area contributed by atoms with Crippen LogP contribution < -0.4 is 9.47 Å². The second-order valence-corrected chi connectivity index (χ2v) is 11.6. The predicted molar refractivity (Wildman–Crippen MR) is 132 cm³/mol. The summed E-state index contributed by atoms with van der Waals surface area (Å²) in [6.45, 7) is 1.75. The monoisotopic (exact) mass is 492 g/mol. The van der Waals surface area contributed by atoms with Crippen LogP contribution in [0.4, 0.5) is 0 Å². The summed E-state index contributed by atoms with van der Waals surface area (Å²) in [5.41, 5.74) is 3.25. The molecule has 1 saturated carbocycles. The van der Waals surface area contributed by atoms with Crippen LogP contribution in [0.2, 0.25) is 0 Å². The van der Waals surface area contributed by atoms with E-state index >= 15 is 0 Å². The SMILES string of the molecule is C[C@H](CO)CS(=O)(=O)c1ccc(-c2cccc(CC(=O)C3(c4ccc5c(c4)OCO5)CC3)c2)cc1. The van der Waals surface area contributed by atoms with Gasteiger partial charge < -0.3 is 14.6 Å². The number of sulfone groups is 1. The van der Waals surface area contributed by atoms with Gasteiger partial charge in [-0.05, 0) is 65.3 Å². The summed E-state index contributed by atoms with van der Waals surface area (Å²) < 4.78 is 36.0. The maximum absolute atomic E-state index is 13.4. The Hall–Kier alpha value is -3.16. The summed E-state index contributed by atoms with van der Waals surface area (Å²) in [7, 11) is -3.46. The van der Waals surface area contributed by atoms with E-state index in [0.717, 1.165) is 35.1 Å². The molecule has 1 N–H and O–H groups in total. The summed E-state index contributed by atoms with van der Waals surface area (Å²) in [6.07, 6.45) is 1.99. The van der Waals surface area contributed by atoms with Crippen LogP contribution in [0, 0.1) is 5.92 Å². The number of aliphatic hydroxyl groups excluding tert-OH is 1. The van der Waals surface area contributed by atoms with Gasteiger partial charge in [0.1, 0.15) is 5.78 Å². The fourth-order valence-corrected chi connectivity index (χ4v) is 6.24. The summed E-state index contributed by atoms with van der Waals surface area (Å²) in [5.74, 6) is 1.19. The van der Waals surface area contributed by atoms with E-state index in [1.807, 2.05) is 42.5 Å². The van der Waals surface area contributed by atoms with Crippen molar-refractivity contribution >= 4 is 15.6 Å². The first-order valence-corrected chi connectivity index (χ1v) is 13.4. The van der Waals surface area contributed by atoms with Crippen molar-refractivity contribution in [3.63, 3.8) is 0 Å². The zero-order valence-corrected chi connectivity index (χ0v) is 20.4. The molecule has 0 saturated heterocycles. The first-order valence-electron chi connectivity index (χ1n) is 11.8. The predicted octanol–water partition coefficient (Wildman–Crippen LogP) is 4.33. The van der Waals surface area contributed by atoms with Crippen LogP contribution in [0.5, 0.6) is 11.5 Å². The molecule has 1 aliphatic carbocycles. The Labute approximate surface area is 205 Å². The Morgan fingerprint density at radius 1 is 0.971 bits per heavy atom. The van der Waals surface area contributed by atoms with Gasteiger partial charge in [0, 0.05) is 13.0 Å². The molecular weight excluding hydrogens is 464 g/mol. The van der Waals surface area contributed by atoms with Gasteiger partial charge in [0.05, 0.1) is 16.1 Å². The Balaban J connectivity index is 1.32. The minimum Gasteiger partial charge on any atom is -0.454 e. The fourth-order valence-electron chi connectivity index (χ4n) is 4.64. The normalized spacial score (nSPS) is 16.6. The van der Waals surface area contributed by atoms with E-state index in [0.29, 0.717) is 17.9 Å². The molecular formula is C28H28O6S. The first-order chi connectivity index (χ1) is 16.8. The van der Waals surface area contributed by atoms with Crippen molar-refractivity contribution in [1.29, 1.82) is 0 Å². The number of carbonyl (C=O) groups is 1. The molecule has 0 unspecified atom stereocenters. The van der Waals surface area contributed by atoms with Gasteiger partial charge in [-0.3, -0.25) is 4.79 Å². The average molecular weight is 493 g/mol. The molecule has 6 nitrogen and oxygen atoms in total. The molecule has 1 heterocycles. The number of benzene rings is 3. The maximum atomic E-state index is 13.4. The van der Waals surface area contributed by atoms with Crippen LogP contribution in [-0.4, -0.2) is 38.5 Å². The smallest absolute Gasteiger partial charge is 0.231 e. The van der Waals surface area contributed by atoms with E-state index < -0.39 is 15.3 Å². The van der Waals surface area contributed by atoms with Gasteiger partial charge in [-0.25, -0.2) is 8.42 Å². The third kappa shape index (κ3) is 4.70. The molecule has 0 aromatic heterocycles. The molecule has 0 radical (unpaired) electrons. The van der Waals surface area contributed by atoms with Gasteiger partial charge in [0.15, 0.2) is 21.3 Å². The molecule has 1 aliphatic heterocycles. The molecule has 2 aliphatic rings. The van der Waals surface area contributed by atoms with Crippen LogP contribution in [0.3, 0.4) is 0 Å². The van der Waals surface area contributed by atoms with E-state index in [4.69, 9.17) is 9.47 Å². The molecule has 35 heavy (non-hydrogen) atoms. The lowest BCUT2D eigenvalue weighted by Gasteiger charge is -2.16. The highest BCUT2D eigenvalue weighted by Crippen LogP contribution is 2.51. The molecule has 3 aromatic carbocycles. The van der Waals surface area contributed by atoms with Gasteiger partial charge in [0.25, 0.3) is 0 Å². The van der Waals surface area contributed by atoms with Gasteiger partial charge in [-0.1, -0.05) is 49.4 Å². The third-order valence-corrected chi connectivity index (χ3v) is 8.86. The lowest BCUT2D eigenvalue weighted by atomic mass is 9.87. The average Bonchev–Trinajstić information content (AvgIpc) is 3.55. The van der Waals surface area contributed by atoms with Gasteiger partial charge in [-0.2, -0.15) is 0 Å². The van der Waals surface area contributed by atoms with Crippen molar-refractivity contribution in [3.05, 3.63) is 77.9 Å². The number of carbonyl (C=O) groups excluding carboxylic acids is 1.